The molecule has 6 heteroatoms. The molecule has 0 bridgehead atoms. The molecule has 0 aliphatic carbocycles. The Morgan fingerprint density at radius 3 is 2.87 bits per heavy atom. The van der Waals surface area contributed by atoms with Gasteiger partial charge in [-0.25, -0.2) is 18.5 Å². The number of nitrogens with two attached hydrogens (primary N) is 1. The molecule has 0 saturated heterocycles. The van der Waals surface area contributed by atoms with Crippen molar-refractivity contribution >= 4 is 10.0 Å². The van der Waals surface area contributed by atoms with E-state index in [1.54, 1.807) is 0 Å². The van der Waals surface area contributed by atoms with Gasteiger partial charge in [0.2, 0.25) is 15.9 Å². The molecule has 2 N–H and O–H groups in total. The Kier molecular flexibility index (Phi) is 4.05. The zero-order valence-electron chi connectivity index (χ0n) is 8.51. The summed E-state index contributed by atoms with van der Waals surface area (Å²) >= 11 is 0. The minimum atomic E-state index is -3.76. The van der Waals surface area contributed by atoms with Crippen LogP contribution in [0.25, 0.3) is 0 Å². The molecule has 0 fully saturated rings. The molecule has 0 unspecified atom stereocenters. The lowest BCUT2D eigenvalue weighted by Crippen LogP contribution is -2.14. The number of pyridine rings is 1. The summed E-state index contributed by atoms with van der Waals surface area (Å²) in [5, 5.41) is 5.01. The Labute approximate surface area is 89.3 Å². The van der Waals surface area contributed by atoms with Gasteiger partial charge in [0.1, 0.15) is 4.90 Å². The number of rotatable bonds is 5. The molecular formula is C9H14N2O3S. The summed E-state index contributed by atoms with van der Waals surface area (Å²) in [7, 11) is -3.76. The summed E-state index contributed by atoms with van der Waals surface area (Å²) in [4.78, 5) is 3.77. The third-order valence-electron chi connectivity index (χ3n) is 1.78. The molecule has 5 nitrogen and oxygen atoms in total. The van der Waals surface area contributed by atoms with E-state index in [-0.39, 0.29) is 10.8 Å². The van der Waals surface area contributed by atoms with E-state index < -0.39 is 10.0 Å². The van der Waals surface area contributed by atoms with Crippen molar-refractivity contribution in [3.8, 4) is 5.88 Å². The molecule has 1 rings (SSSR count). The molecule has 15 heavy (non-hydrogen) atoms. The van der Waals surface area contributed by atoms with Gasteiger partial charge in [0, 0.05) is 6.20 Å². The summed E-state index contributed by atoms with van der Waals surface area (Å²) in [6, 6.07) is 2.88. The lowest BCUT2D eigenvalue weighted by molar-refractivity contribution is 0.289. The van der Waals surface area contributed by atoms with E-state index in [1.807, 2.05) is 6.92 Å². The maximum atomic E-state index is 11.1. The molecular weight excluding hydrogens is 216 g/mol. The zero-order valence-corrected chi connectivity index (χ0v) is 9.33. The topological polar surface area (TPSA) is 82.3 Å². The van der Waals surface area contributed by atoms with Gasteiger partial charge in [0.05, 0.1) is 6.61 Å². The number of hydrogen-bond donors (Lipinski definition) is 1. The van der Waals surface area contributed by atoms with Gasteiger partial charge >= 0.3 is 0 Å². The molecule has 1 heterocycles. The molecule has 0 aromatic carbocycles. The molecule has 0 radical (unpaired) electrons. The molecule has 0 spiro atoms. The quantitative estimate of drug-likeness (QED) is 0.762. The molecule has 0 aliphatic rings. The second-order valence-corrected chi connectivity index (χ2v) is 4.58. The van der Waals surface area contributed by atoms with Crippen molar-refractivity contribution in [2.24, 2.45) is 5.14 Å². The Bertz CT molecular complexity index is 417. The van der Waals surface area contributed by atoms with Crippen LogP contribution in [0.2, 0.25) is 0 Å². The van der Waals surface area contributed by atoms with E-state index in [1.165, 1.54) is 18.3 Å². The highest BCUT2D eigenvalue weighted by atomic mass is 32.2. The second-order valence-electron chi connectivity index (χ2n) is 3.05. The van der Waals surface area contributed by atoms with Crippen molar-refractivity contribution in [1.82, 2.24) is 4.98 Å². The van der Waals surface area contributed by atoms with E-state index in [9.17, 15) is 8.42 Å². The number of aromatic nitrogens is 1. The molecule has 0 amide bonds. The van der Waals surface area contributed by atoms with Gasteiger partial charge in [-0.1, -0.05) is 13.3 Å². The lowest BCUT2D eigenvalue weighted by Gasteiger charge is -2.07. The molecule has 0 aliphatic heterocycles. The van der Waals surface area contributed by atoms with Crippen molar-refractivity contribution < 1.29 is 13.2 Å². The standard InChI is InChI=1S/C9H14N2O3S/c1-2-3-7-14-9-8(15(10,12)13)5-4-6-11-9/h4-6H,2-3,7H2,1H3,(H2,10,12,13). The molecule has 0 saturated carbocycles. The van der Waals surface area contributed by atoms with Gasteiger partial charge in [-0.05, 0) is 18.6 Å². The number of unbranched alkanes of at least 4 members (excludes halogenated alkanes) is 1. The summed E-state index contributed by atoms with van der Waals surface area (Å²) in [5.74, 6) is 0.0773. The van der Waals surface area contributed by atoms with Crippen LogP contribution in [0.1, 0.15) is 19.8 Å². The van der Waals surface area contributed by atoms with E-state index in [0.29, 0.717) is 6.61 Å². The van der Waals surface area contributed by atoms with Gasteiger partial charge < -0.3 is 4.74 Å². The van der Waals surface area contributed by atoms with Crippen LogP contribution in [-0.2, 0) is 10.0 Å². The van der Waals surface area contributed by atoms with Gasteiger partial charge in [-0.3, -0.25) is 0 Å². The molecule has 84 valence electrons. The van der Waals surface area contributed by atoms with E-state index in [4.69, 9.17) is 9.88 Å². The van der Waals surface area contributed by atoms with Crippen LogP contribution in [0.15, 0.2) is 23.2 Å². The normalized spacial score (nSPS) is 11.3. The number of nitrogens with zero attached hydrogens (tertiary/aromatic N) is 1. The summed E-state index contributed by atoms with van der Waals surface area (Å²) in [6.45, 7) is 2.46. The maximum Gasteiger partial charge on any atom is 0.243 e. The van der Waals surface area contributed by atoms with Crippen molar-refractivity contribution in [2.45, 2.75) is 24.7 Å². The monoisotopic (exact) mass is 230 g/mol. The van der Waals surface area contributed by atoms with E-state index in [2.05, 4.69) is 4.98 Å². The average molecular weight is 230 g/mol. The Balaban J connectivity index is 2.88. The molecule has 1 aromatic rings. The van der Waals surface area contributed by atoms with E-state index in [0.717, 1.165) is 12.8 Å². The first kappa shape index (κ1) is 11.9. The van der Waals surface area contributed by atoms with Crippen LogP contribution in [0.4, 0.5) is 0 Å². The fourth-order valence-electron chi connectivity index (χ4n) is 1.01. The highest BCUT2D eigenvalue weighted by Gasteiger charge is 2.15. The Hall–Kier alpha value is -1.14. The minimum absolute atomic E-state index is 0.0684. The highest BCUT2D eigenvalue weighted by molar-refractivity contribution is 7.89. The first-order chi connectivity index (χ1) is 7.05. The lowest BCUT2D eigenvalue weighted by atomic mass is 10.4. The van der Waals surface area contributed by atoms with Crippen LogP contribution < -0.4 is 9.88 Å². The predicted octanol–water partition coefficient (Wildman–Crippen LogP) is 0.908. The summed E-state index contributed by atoms with van der Waals surface area (Å²) in [5.41, 5.74) is 0. The van der Waals surface area contributed by atoms with Crippen LogP contribution in [0, 0.1) is 0 Å². The van der Waals surface area contributed by atoms with Gasteiger partial charge in [-0.15, -0.1) is 0 Å². The fourth-order valence-corrected chi connectivity index (χ4v) is 1.64. The van der Waals surface area contributed by atoms with Crippen molar-refractivity contribution in [3.05, 3.63) is 18.3 Å². The van der Waals surface area contributed by atoms with Crippen molar-refractivity contribution in [2.75, 3.05) is 6.61 Å². The van der Waals surface area contributed by atoms with Crippen LogP contribution in [-0.4, -0.2) is 20.0 Å². The Morgan fingerprint density at radius 1 is 1.53 bits per heavy atom. The maximum absolute atomic E-state index is 11.1. The van der Waals surface area contributed by atoms with Gasteiger partial charge in [0.25, 0.3) is 0 Å². The van der Waals surface area contributed by atoms with Gasteiger partial charge in [-0.2, -0.15) is 0 Å². The number of hydrogen-bond acceptors (Lipinski definition) is 4. The largest absolute Gasteiger partial charge is 0.477 e. The molecule has 0 atom stereocenters. The van der Waals surface area contributed by atoms with Crippen molar-refractivity contribution in [1.29, 1.82) is 0 Å². The second kappa shape index (κ2) is 5.09. The number of sulfonamides is 1. The first-order valence-electron chi connectivity index (χ1n) is 4.66. The third kappa shape index (κ3) is 3.49. The highest BCUT2D eigenvalue weighted by Crippen LogP contribution is 2.18. The van der Waals surface area contributed by atoms with Crippen LogP contribution >= 0.6 is 0 Å². The molecule has 1 aromatic heterocycles. The smallest absolute Gasteiger partial charge is 0.243 e. The predicted molar refractivity (Wildman–Crippen MR) is 56.0 cm³/mol. The minimum Gasteiger partial charge on any atom is -0.477 e. The first-order valence-corrected chi connectivity index (χ1v) is 6.21. The van der Waals surface area contributed by atoms with Gasteiger partial charge in [0.15, 0.2) is 0 Å². The Morgan fingerprint density at radius 2 is 2.27 bits per heavy atom. The third-order valence-corrected chi connectivity index (χ3v) is 2.70. The van der Waals surface area contributed by atoms with Crippen LogP contribution in [0.5, 0.6) is 5.88 Å². The number of primary sulfonamides is 1. The summed E-state index contributed by atoms with van der Waals surface area (Å²) in [6.07, 6.45) is 3.29. The number of ether oxygens (including phenoxy) is 1. The summed E-state index contributed by atoms with van der Waals surface area (Å²) < 4.78 is 27.5. The average Bonchev–Trinajstić information content (AvgIpc) is 2.17. The SMILES string of the molecule is CCCCOc1ncccc1S(N)(=O)=O. The van der Waals surface area contributed by atoms with E-state index >= 15 is 0 Å². The van der Waals surface area contributed by atoms with Crippen LogP contribution in [0.3, 0.4) is 0 Å². The van der Waals surface area contributed by atoms with Crippen molar-refractivity contribution in [3.63, 3.8) is 0 Å². The zero-order chi connectivity index (χ0) is 11.3. The fraction of sp³-hybridized carbons (Fsp3) is 0.444.